The molecule has 3 N–H and O–H groups in total. The number of ether oxygens (including phenoxy) is 1. The molecule has 1 atom stereocenters. The molecule has 4 saturated heterocycles. The van der Waals surface area contributed by atoms with Crippen LogP contribution in [-0.2, 0) is 28.5 Å². The summed E-state index contributed by atoms with van der Waals surface area (Å²) in [6.45, 7) is 6.87. The quantitative estimate of drug-likeness (QED) is 0.174. The van der Waals surface area contributed by atoms with E-state index >= 15 is 0 Å². The smallest absolute Gasteiger partial charge is 0.294 e. The lowest BCUT2D eigenvalue weighted by molar-refractivity contribution is -0.134. The second-order valence-electron chi connectivity index (χ2n) is 16.8. The Balaban J connectivity index is 0.762. The molecule has 17 nitrogen and oxygen atoms in total. The minimum Gasteiger partial charge on any atom is -0.478 e. The van der Waals surface area contributed by atoms with Crippen LogP contribution in [0, 0.1) is 11.3 Å². The van der Waals surface area contributed by atoms with E-state index in [4.69, 9.17) is 26.4 Å². The van der Waals surface area contributed by atoms with Crippen molar-refractivity contribution in [3.8, 4) is 5.75 Å². The van der Waals surface area contributed by atoms with E-state index < -0.39 is 5.92 Å². The summed E-state index contributed by atoms with van der Waals surface area (Å²) >= 11 is 6.57. The number of hydrogen-bond donors (Lipinski definition) is 3. The van der Waals surface area contributed by atoms with Gasteiger partial charge >= 0.3 is 0 Å². The van der Waals surface area contributed by atoms with Crippen molar-refractivity contribution < 1.29 is 19.1 Å². The van der Waals surface area contributed by atoms with Crippen LogP contribution in [0.3, 0.4) is 0 Å². The fourth-order valence-corrected chi connectivity index (χ4v) is 9.54. The number of halogens is 1. The number of likely N-dealkylation sites (tertiary alicyclic amines) is 1. The first-order valence-electron chi connectivity index (χ1n) is 20.6. The van der Waals surface area contributed by atoms with Gasteiger partial charge in [-0.3, -0.25) is 33.7 Å². The number of fused-ring (bicyclic) bond motifs is 2. The van der Waals surface area contributed by atoms with Crippen molar-refractivity contribution >= 4 is 74.4 Å². The standard InChI is InChI=1S/C42H49ClN12O5/c1-44-35(57)22-60-33-17-26-16-27(19-45-38(26)51(2)40(33)59)47-37-31(43)20-46-41(49-37)55-14-10-42(11-15-55)23-53(24-42)21-25-8-12-54(13-9-25)28-4-5-29-32(18-28)52(3)50-36(29)30-6-7-34(56)48-39(30)58/h4-5,16-20,25,30H,6-15,21-24H2,1-3H3,(H,44,57)(H,46,47,49)(H,48,56,58). The van der Waals surface area contributed by atoms with E-state index in [1.165, 1.54) is 17.3 Å². The Labute approximate surface area is 351 Å². The predicted molar refractivity (Wildman–Crippen MR) is 228 cm³/mol. The number of hydrogen-bond acceptors (Lipinski definition) is 13. The Bertz CT molecular complexity index is 2550. The highest BCUT2D eigenvalue weighted by Crippen LogP contribution is 2.42. The molecule has 0 aliphatic carbocycles. The number of aryl methyl sites for hydroxylation is 2. The Morgan fingerprint density at radius 1 is 0.983 bits per heavy atom. The second-order valence-corrected chi connectivity index (χ2v) is 17.2. The molecule has 314 valence electrons. The minimum absolute atomic E-state index is 0.0513. The second kappa shape index (κ2) is 16.0. The molecule has 5 aromatic rings. The number of piperidine rings is 3. The molecule has 4 aliphatic rings. The number of benzene rings is 1. The molecule has 4 fully saturated rings. The van der Waals surface area contributed by atoms with Gasteiger partial charge in [-0.15, -0.1) is 0 Å². The number of imide groups is 1. The van der Waals surface area contributed by atoms with Gasteiger partial charge in [0.25, 0.3) is 11.5 Å². The van der Waals surface area contributed by atoms with Crippen molar-refractivity contribution in [2.24, 2.45) is 25.4 Å². The van der Waals surface area contributed by atoms with Crippen LogP contribution in [0.2, 0.25) is 5.02 Å². The molecular weight excluding hydrogens is 788 g/mol. The van der Waals surface area contributed by atoms with E-state index in [1.807, 2.05) is 17.8 Å². The first kappa shape index (κ1) is 39.6. The molecule has 4 aromatic heterocycles. The zero-order chi connectivity index (χ0) is 41.7. The molecule has 0 radical (unpaired) electrons. The van der Waals surface area contributed by atoms with Crippen molar-refractivity contribution in [2.75, 3.05) is 74.6 Å². The van der Waals surface area contributed by atoms with Gasteiger partial charge in [0.1, 0.15) is 10.7 Å². The van der Waals surface area contributed by atoms with Gasteiger partial charge in [0.15, 0.2) is 18.2 Å². The summed E-state index contributed by atoms with van der Waals surface area (Å²) in [5, 5.41) is 14.9. The van der Waals surface area contributed by atoms with Crippen LogP contribution in [0.5, 0.6) is 5.75 Å². The molecule has 9 rings (SSSR count). The highest BCUT2D eigenvalue weighted by Gasteiger charge is 2.45. The molecule has 1 aromatic carbocycles. The lowest BCUT2D eigenvalue weighted by atomic mass is 9.71. The van der Waals surface area contributed by atoms with Crippen LogP contribution >= 0.6 is 11.6 Å². The number of aromatic nitrogens is 6. The summed E-state index contributed by atoms with van der Waals surface area (Å²) in [4.78, 5) is 70.0. The van der Waals surface area contributed by atoms with Crippen LogP contribution in [0.4, 0.5) is 23.1 Å². The average Bonchev–Trinajstić information content (AvgIpc) is 3.57. The van der Waals surface area contributed by atoms with Crippen molar-refractivity contribution in [1.82, 2.24) is 44.8 Å². The lowest BCUT2D eigenvalue weighted by Gasteiger charge is -2.55. The van der Waals surface area contributed by atoms with Crippen LogP contribution in [0.15, 0.2) is 47.5 Å². The summed E-state index contributed by atoms with van der Waals surface area (Å²) in [5.74, 6) is 0.582. The molecule has 60 heavy (non-hydrogen) atoms. The lowest BCUT2D eigenvalue weighted by Crippen LogP contribution is -2.61. The van der Waals surface area contributed by atoms with Gasteiger partial charge in [-0.2, -0.15) is 10.1 Å². The highest BCUT2D eigenvalue weighted by molar-refractivity contribution is 6.33. The Morgan fingerprint density at radius 3 is 2.52 bits per heavy atom. The van der Waals surface area contributed by atoms with E-state index in [2.05, 4.69) is 58.8 Å². The Morgan fingerprint density at radius 2 is 1.77 bits per heavy atom. The number of amides is 3. The van der Waals surface area contributed by atoms with E-state index in [0.29, 0.717) is 57.7 Å². The third kappa shape index (κ3) is 7.71. The van der Waals surface area contributed by atoms with Crippen molar-refractivity contribution in [3.05, 3.63) is 63.8 Å². The molecule has 1 spiro atoms. The number of carbonyl (C=O) groups is 3. The topological polar surface area (TPSA) is 185 Å². The van der Waals surface area contributed by atoms with Crippen molar-refractivity contribution in [2.45, 2.75) is 44.4 Å². The Kier molecular flexibility index (Phi) is 10.6. The van der Waals surface area contributed by atoms with Crippen LogP contribution < -0.4 is 36.0 Å². The average molecular weight is 837 g/mol. The van der Waals surface area contributed by atoms with Gasteiger partial charge in [0.05, 0.1) is 35.2 Å². The van der Waals surface area contributed by atoms with E-state index in [9.17, 15) is 19.2 Å². The number of nitrogens with zero attached hydrogens (tertiary/aromatic N) is 9. The molecule has 1 unspecified atom stereocenters. The fraction of sp³-hybridized carbons (Fsp3) is 0.476. The van der Waals surface area contributed by atoms with Gasteiger partial charge in [-0.1, -0.05) is 11.6 Å². The molecule has 0 bridgehead atoms. The number of anilines is 4. The summed E-state index contributed by atoms with van der Waals surface area (Å²) in [6.07, 6.45) is 8.52. The van der Waals surface area contributed by atoms with Crippen molar-refractivity contribution in [3.63, 3.8) is 0 Å². The monoisotopic (exact) mass is 836 g/mol. The van der Waals surface area contributed by atoms with Crippen LogP contribution in [0.1, 0.15) is 50.1 Å². The van der Waals surface area contributed by atoms with Gasteiger partial charge < -0.3 is 30.1 Å². The van der Waals surface area contributed by atoms with Gasteiger partial charge in [-0.25, -0.2) is 9.97 Å². The fourth-order valence-electron chi connectivity index (χ4n) is 9.40. The molecule has 8 heterocycles. The number of carbonyl (C=O) groups excluding carboxylic acids is 3. The summed E-state index contributed by atoms with van der Waals surface area (Å²) in [6, 6.07) is 9.83. The minimum atomic E-state index is -0.404. The maximum absolute atomic E-state index is 12.8. The maximum Gasteiger partial charge on any atom is 0.294 e. The summed E-state index contributed by atoms with van der Waals surface area (Å²) < 4.78 is 8.74. The summed E-state index contributed by atoms with van der Waals surface area (Å²) in [7, 11) is 5.03. The third-order valence-electron chi connectivity index (χ3n) is 12.8. The number of rotatable bonds is 10. The van der Waals surface area contributed by atoms with Crippen molar-refractivity contribution in [1.29, 1.82) is 0 Å². The van der Waals surface area contributed by atoms with E-state index in [0.717, 1.165) is 88.1 Å². The van der Waals surface area contributed by atoms with E-state index in [1.54, 1.807) is 25.5 Å². The number of likely N-dealkylation sites (N-methyl/N-ethyl adjacent to an activating group) is 1. The normalized spacial score (nSPS) is 19.8. The van der Waals surface area contributed by atoms with Gasteiger partial charge in [-0.05, 0) is 73.8 Å². The third-order valence-corrected chi connectivity index (χ3v) is 13.1. The first-order chi connectivity index (χ1) is 29.0. The van der Waals surface area contributed by atoms with Gasteiger partial charge in [0.2, 0.25) is 17.8 Å². The largest absolute Gasteiger partial charge is 0.478 e. The number of pyridine rings is 2. The zero-order valence-electron chi connectivity index (χ0n) is 34.0. The zero-order valence-corrected chi connectivity index (χ0v) is 34.8. The molecular formula is C42H49ClN12O5. The molecule has 0 saturated carbocycles. The molecule has 3 amide bonds. The van der Waals surface area contributed by atoms with Gasteiger partial charge in [0, 0.05) is 89.8 Å². The summed E-state index contributed by atoms with van der Waals surface area (Å²) in [5.41, 5.74) is 3.96. The van der Waals surface area contributed by atoms with Crippen LogP contribution in [0.25, 0.3) is 21.9 Å². The maximum atomic E-state index is 12.8. The first-order valence-corrected chi connectivity index (χ1v) is 21.0. The highest BCUT2D eigenvalue weighted by atomic mass is 35.5. The molecule has 18 heteroatoms. The Hall–Kier alpha value is -5.81. The van der Waals surface area contributed by atoms with E-state index in [-0.39, 0.29) is 35.6 Å². The molecule has 4 aliphatic heterocycles. The predicted octanol–water partition coefficient (Wildman–Crippen LogP) is 3.47. The SMILES string of the molecule is CNC(=O)COc1cc2cc(Nc3nc(N4CCC5(CC4)CN(CC4CCN(c6ccc7c(C8CCC(=O)NC8=O)nn(C)c7c6)CC4)C5)ncc3Cl)cnc2n(C)c1=O. The van der Waals surface area contributed by atoms with Crippen LogP contribution in [-0.4, -0.2) is 111 Å². The number of nitrogens with one attached hydrogen (secondary N) is 3.